The molecule has 21 heavy (non-hydrogen) atoms. The van der Waals surface area contributed by atoms with E-state index in [1.807, 2.05) is 42.5 Å². The van der Waals surface area contributed by atoms with Crippen LogP contribution in [0.4, 0.5) is 0 Å². The Kier molecular flexibility index (Phi) is 3.75. The zero-order chi connectivity index (χ0) is 14.8. The van der Waals surface area contributed by atoms with Crippen molar-refractivity contribution < 1.29 is 4.74 Å². The predicted octanol–water partition coefficient (Wildman–Crippen LogP) is 3.22. The lowest BCUT2D eigenvalue weighted by atomic mass is 10.2. The zero-order valence-electron chi connectivity index (χ0n) is 11.4. The summed E-state index contributed by atoms with van der Waals surface area (Å²) in [5.74, 6) is 0.794. The first kappa shape index (κ1) is 13.8. The summed E-state index contributed by atoms with van der Waals surface area (Å²) < 4.78 is 7.53. The van der Waals surface area contributed by atoms with Crippen LogP contribution in [-0.2, 0) is 6.54 Å². The molecule has 0 unspecified atom stereocenters. The minimum Gasteiger partial charge on any atom is -0.497 e. The largest absolute Gasteiger partial charge is 0.497 e. The van der Waals surface area contributed by atoms with Gasteiger partial charge in [0.1, 0.15) is 5.75 Å². The molecule has 0 N–H and O–H groups in total. The second-order valence-corrected chi connectivity index (χ2v) is 5.60. The van der Waals surface area contributed by atoms with Gasteiger partial charge < -0.3 is 4.74 Å². The van der Waals surface area contributed by atoms with E-state index in [1.54, 1.807) is 13.3 Å². The molecule has 0 saturated heterocycles. The molecule has 0 aliphatic rings. The van der Waals surface area contributed by atoms with Crippen LogP contribution in [0.25, 0.3) is 10.8 Å². The van der Waals surface area contributed by atoms with E-state index in [9.17, 15) is 4.79 Å². The monoisotopic (exact) mass is 344 g/mol. The number of rotatable bonds is 3. The van der Waals surface area contributed by atoms with Gasteiger partial charge in [-0.25, -0.2) is 4.68 Å². The van der Waals surface area contributed by atoms with Crippen LogP contribution in [0.15, 0.2) is 57.9 Å². The molecule has 4 nitrogen and oxygen atoms in total. The van der Waals surface area contributed by atoms with E-state index in [0.717, 1.165) is 21.2 Å². The van der Waals surface area contributed by atoms with Gasteiger partial charge in [-0.3, -0.25) is 4.79 Å². The number of fused-ring (bicyclic) bond motifs is 1. The molecule has 0 spiro atoms. The molecule has 0 bridgehead atoms. The molecule has 1 heterocycles. The van der Waals surface area contributed by atoms with Crippen molar-refractivity contribution in [1.29, 1.82) is 0 Å². The molecule has 0 saturated carbocycles. The van der Waals surface area contributed by atoms with E-state index in [2.05, 4.69) is 21.0 Å². The fourth-order valence-electron chi connectivity index (χ4n) is 2.18. The van der Waals surface area contributed by atoms with Crippen molar-refractivity contribution in [3.05, 3.63) is 69.1 Å². The highest BCUT2D eigenvalue weighted by Gasteiger charge is 2.05. The SMILES string of the molecule is COc1ccc(Cn2ncc3cc(Br)ccc3c2=O)cc1. The summed E-state index contributed by atoms with van der Waals surface area (Å²) in [6.07, 6.45) is 1.71. The Morgan fingerprint density at radius 1 is 1.19 bits per heavy atom. The van der Waals surface area contributed by atoms with Crippen molar-refractivity contribution in [2.45, 2.75) is 6.54 Å². The van der Waals surface area contributed by atoms with Crippen LogP contribution < -0.4 is 10.3 Å². The van der Waals surface area contributed by atoms with E-state index in [4.69, 9.17) is 4.74 Å². The van der Waals surface area contributed by atoms with E-state index in [0.29, 0.717) is 11.9 Å². The van der Waals surface area contributed by atoms with Crippen LogP contribution in [-0.4, -0.2) is 16.9 Å². The fraction of sp³-hybridized carbons (Fsp3) is 0.125. The smallest absolute Gasteiger partial charge is 0.274 e. The van der Waals surface area contributed by atoms with Gasteiger partial charge in [0.2, 0.25) is 0 Å². The summed E-state index contributed by atoms with van der Waals surface area (Å²) in [6, 6.07) is 13.2. The number of ether oxygens (including phenoxy) is 1. The first-order valence-corrected chi connectivity index (χ1v) is 7.25. The van der Waals surface area contributed by atoms with E-state index in [1.165, 1.54) is 4.68 Å². The van der Waals surface area contributed by atoms with Gasteiger partial charge in [0.05, 0.1) is 25.2 Å². The number of methoxy groups -OCH3 is 1. The van der Waals surface area contributed by atoms with Crippen LogP contribution in [0.5, 0.6) is 5.75 Å². The molecule has 0 radical (unpaired) electrons. The molecule has 2 aromatic carbocycles. The first-order valence-electron chi connectivity index (χ1n) is 6.46. The molecule has 0 fully saturated rings. The van der Waals surface area contributed by atoms with Crippen LogP contribution >= 0.6 is 15.9 Å². The number of benzene rings is 2. The van der Waals surface area contributed by atoms with Gasteiger partial charge in [-0.15, -0.1) is 0 Å². The van der Waals surface area contributed by atoms with Crippen molar-refractivity contribution in [3.8, 4) is 5.75 Å². The summed E-state index contributed by atoms with van der Waals surface area (Å²) >= 11 is 3.39. The van der Waals surface area contributed by atoms with Gasteiger partial charge in [0.15, 0.2) is 0 Å². The van der Waals surface area contributed by atoms with E-state index in [-0.39, 0.29) is 5.56 Å². The van der Waals surface area contributed by atoms with Gasteiger partial charge in [-0.2, -0.15) is 5.10 Å². The number of nitrogens with zero attached hydrogens (tertiary/aromatic N) is 2. The molecule has 1 aromatic heterocycles. The van der Waals surface area contributed by atoms with Crippen molar-refractivity contribution >= 4 is 26.7 Å². The van der Waals surface area contributed by atoms with E-state index >= 15 is 0 Å². The Bertz CT molecular complexity index is 841. The third kappa shape index (κ3) is 2.83. The van der Waals surface area contributed by atoms with E-state index < -0.39 is 0 Å². The summed E-state index contributed by atoms with van der Waals surface area (Å²) in [5, 5.41) is 5.74. The van der Waals surface area contributed by atoms with Crippen molar-refractivity contribution in [3.63, 3.8) is 0 Å². The highest BCUT2D eigenvalue weighted by molar-refractivity contribution is 9.10. The van der Waals surface area contributed by atoms with Crippen LogP contribution in [0.3, 0.4) is 0 Å². The van der Waals surface area contributed by atoms with Gasteiger partial charge >= 0.3 is 0 Å². The molecule has 0 atom stereocenters. The average molecular weight is 345 g/mol. The van der Waals surface area contributed by atoms with Crippen molar-refractivity contribution in [1.82, 2.24) is 9.78 Å². The van der Waals surface area contributed by atoms with Gasteiger partial charge in [-0.05, 0) is 35.9 Å². The summed E-state index contributed by atoms with van der Waals surface area (Å²) in [4.78, 5) is 12.4. The molecule has 106 valence electrons. The topological polar surface area (TPSA) is 44.1 Å². The van der Waals surface area contributed by atoms with Crippen LogP contribution in [0.1, 0.15) is 5.56 Å². The molecule has 0 aliphatic carbocycles. The summed E-state index contributed by atoms with van der Waals surface area (Å²) in [6.45, 7) is 0.439. The predicted molar refractivity (Wildman–Crippen MR) is 85.8 cm³/mol. The second kappa shape index (κ2) is 5.69. The molecule has 5 heteroatoms. The second-order valence-electron chi connectivity index (χ2n) is 4.69. The third-order valence-corrected chi connectivity index (χ3v) is 3.80. The quantitative estimate of drug-likeness (QED) is 0.732. The number of aromatic nitrogens is 2. The maximum Gasteiger partial charge on any atom is 0.274 e. The highest BCUT2D eigenvalue weighted by atomic mass is 79.9. The Hall–Kier alpha value is -2.14. The minimum atomic E-state index is -0.0872. The highest BCUT2D eigenvalue weighted by Crippen LogP contribution is 2.16. The number of hydrogen-bond acceptors (Lipinski definition) is 3. The molecule has 0 amide bonds. The molecular weight excluding hydrogens is 332 g/mol. The van der Waals surface area contributed by atoms with Gasteiger partial charge in [0, 0.05) is 9.86 Å². The Balaban J connectivity index is 1.98. The normalized spacial score (nSPS) is 10.8. The van der Waals surface area contributed by atoms with Crippen LogP contribution in [0.2, 0.25) is 0 Å². The Labute approximate surface area is 130 Å². The molecule has 3 aromatic rings. The molecular formula is C16H13BrN2O2. The fourth-order valence-corrected chi connectivity index (χ4v) is 2.55. The van der Waals surface area contributed by atoms with Gasteiger partial charge in [0.25, 0.3) is 5.56 Å². The van der Waals surface area contributed by atoms with Crippen LogP contribution in [0, 0.1) is 0 Å². The average Bonchev–Trinajstić information content (AvgIpc) is 2.51. The first-order chi connectivity index (χ1) is 10.2. The van der Waals surface area contributed by atoms with Crippen molar-refractivity contribution in [2.24, 2.45) is 0 Å². The Morgan fingerprint density at radius 2 is 1.95 bits per heavy atom. The number of hydrogen-bond donors (Lipinski definition) is 0. The zero-order valence-corrected chi connectivity index (χ0v) is 13.0. The lowest BCUT2D eigenvalue weighted by Gasteiger charge is -2.07. The number of halogens is 1. The van der Waals surface area contributed by atoms with Gasteiger partial charge in [-0.1, -0.05) is 28.1 Å². The molecule has 3 rings (SSSR count). The van der Waals surface area contributed by atoms with Crippen molar-refractivity contribution in [2.75, 3.05) is 7.11 Å². The maximum absolute atomic E-state index is 12.4. The lowest BCUT2D eigenvalue weighted by molar-refractivity contribution is 0.414. The minimum absolute atomic E-state index is 0.0872. The standard InChI is InChI=1S/C16H13BrN2O2/c1-21-14-5-2-11(3-6-14)10-19-16(20)15-7-4-13(17)8-12(15)9-18-19/h2-9H,10H2,1H3. The Morgan fingerprint density at radius 3 is 2.67 bits per heavy atom. The summed E-state index contributed by atoms with van der Waals surface area (Å²) in [7, 11) is 1.63. The summed E-state index contributed by atoms with van der Waals surface area (Å²) in [5.41, 5.74) is 0.915. The lowest BCUT2D eigenvalue weighted by Crippen LogP contribution is -2.23. The molecule has 0 aliphatic heterocycles. The third-order valence-electron chi connectivity index (χ3n) is 3.31. The maximum atomic E-state index is 12.4.